The van der Waals surface area contributed by atoms with Gasteiger partial charge in [0, 0.05) is 4.47 Å². The third kappa shape index (κ3) is 4.69. The molecular formula is C16H18BrNO. The Morgan fingerprint density at radius 3 is 2.21 bits per heavy atom. The third-order valence-corrected chi connectivity index (χ3v) is 3.43. The smallest absolute Gasteiger partial charge is 0.119 e. The normalized spacial score (nSPS) is 10.4. The summed E-state index contributed by atoms with van der Waals surface area (Å²) in [5, 5.41) is 3.15. The van der Waals surface area contributed by atoms with E-state index in [-0.39, 0.29) is 0 Å². The molecule has 0 spiro atoms. The molecule has 2 aromatic rings. The van der Waals surface area contributed by atoms with Crippen LogP contribution in [0.3, 0.4) is 0 Å². The molecule has 0 aliphatic heterocycles. The fraction of sp³-hybridized carbons (Fsp3) is 0.250. The maximum absolute atomic E-state index is 5.73. The highest BCUT2D eigenvalue weighted by atomic mass is 79.9. The lowest BCUT2D eigenvalue weighted by Gasteiger charge is -2.07. The molecule has 0 aliphatic carbocycles. The van der Waals surface area contributed by atoms with Gasteiger partial charge in [-0.3, -0.25) is 0 Å². The first-order valence-corrected chi connectivity index (χ1v) is 7.18. The molecule has 2 aromatic carbocycles. The number of hydrogen-bond acceptors (Lipinski definition) is 2. The van der Waals surface area contributed by atoms with Crippen molar-refractivity contribution in [2.24, 2.45) is 0 Å². The fourth-order valence-electron chi connectivity index (χ4n) is 1.77. The van der Waals surface area contributed by atoms with E-state index in [1.807, 2.05) is 31.3 Å². The molecule has 3 heteroatoms. The van der Waals surface area contributed by atoms with E-state index in [9.17, 15) is 0 Å². The molecule has 2 rings (SSSR count). The number of nitrogens with one attached hydrogen (secondary N) is 1. The van der Waals surface area contributed by atoms with Gasteiger partial charge in [-0.2, -0.15) is 0 Å². The molecule has 0 saturated heterocycles. The van der Waals surface area contributed by atoms with E-state index in [0.717, 1.165) is 23.2 Å². The van der Waals surface area contributed by atoms with Crippen LogP contribution < -0.4 is 10.1 Å². The summed E-state index contributed by atoms with van der Waals surface area (Å²) in [6.07, 6.45) is 1.06. The first-order valence-electron chi connectivity index (χ1n) is 6.39. The molecule has 0 unspecified atom stereocenters. The lowest BCUT2D eigenvalue weighted by molar-refractivity contribution is 0.306. The number of likely N-dealkylation sites (N-methyl/N-ethyl adjacent to an activating group) is 1. The Morgan fingerprint density at radius 1 is 0.947 bits per heavy atom. The number of benzene rings is 2. The fourth-order valence-corrected chi connectivity index (χ4v) is 2.03. The van der Waals surface area contributed by atoms with Crippen molar-refractivity contribution in [2.45, 2.75) is 13.0 Å². The lowest BCUT2D eigenvalue weighted by atomic mass is 10.1. The van der Waals surface area contributed by atoms with E-state index >= 15 is 0 Å². The van der Waals surface area contributed by atoms with Gasteiger partial charge in [-0.05, 0) is 55.4 Å². The number of rotatable bonds is 6. The second-order valence-corrected chi connectivity index (χ2v) is 5.33. The van der Waals surface area contributed by atoms with Crippen molar-refractivity contribution in [1.82, 2.24) is 5.32 Å². The Labute approximate surface area is 122 Å². The summed E-state index contributed by atoms with van der Waals surface area (Å²) in [6.45, 7) is 1.61. The van der Waals surface area contributed by atoms with E-state index < -0.39 is 0 Å². The summed E-state index contributed by atoms with van der Waals surface area (Å²) in [6, 6.07) is 16.5. The van der Waals surface area contributed by atoms with Gasteiger partial charge in [0.15, 0.2) is 0 Å². The first kappa shape index (κ1) is 14.1. The van der Waals surface area contributed by atoms with Crippen molar-refractivity contribution in [3.05, 3.63) is 64.1 Å². The van der Waals surface area contributed by atoms with Gasteiger partial charge in [-0.25, -0.2) is 0 Å². The number of hydrogen-bond donors (Lipinski definition) is 1. The molecule has 0 radical (unpaired) electrons. The van der Waals surface area contributed by atoms with Crippen LogP contribution in [-0.2, 0) is 13.0 Å². The monoisotopic (exact) mass is 319 g/mol. The molecule has 19 heavy (non-hydrogen) atoms. The summed E-state index contributed by atoms with van der Waals surface area (Å²) < 4.78 is 6.80. The van der Waals surface area contributed by atoms with E-state index in [4.69, 9.17) is 4.74 Å². The summed E-state index contributed by atoms with van der Waals surface area (Å²) in [5.74, 6) is 0.891. The number of ether oxygens (including phenoxy) is 1. The average Bonchev–Trinajstić information content (AvgIpc) is 2.46. The molecule has 0 fully saturated rings. The first-order chi connectivity index (χ1) is 9.28. The van der Waals surface area contributed by atoms with Gasteiger partial charge < -0.3 is 10.1 Å². The predicted octanol–water partition coefficient (Wildman–Crippen LogP) is 3.79. The van der Waals surface area contributed by atoms with Gasteiger partial charge in [-0.15, -0.1) is 0 Å². The molecule has 100 valence electrons. The molecule has 0 bridgehead atoms. The maximum Gasteiger partial charge on any atom is 0.119 e. The van der Waals surface area contributed by atoms with Gasteiger partial charge >= 0.3 is 0 Å². The van der Waals surface area contributed by atoms with Crippen LogP contribution in [0.1, 0.15) is 11.1 Å². The summed E-state index contributed by atoms with van der Waals surface area (Å²) >= 11 is 3.41. The Hall–Kier alpha value is -1.32. The maximum atomic E-state index is 5.73. The molecule has 0 amide bonds. The molecule has 0 aromatic heterocycles. The SMILES string of the molecule is CNCCc1ccc(COc2ccc(Br)cc2)cc1. The van der Waals surface area contributed by atoms with Crippen LogP contribution in [0.25, 0.3) is 0 Å². The second-order valence-electron chi connectivity index (χ2n) is 4.41. The molecule has 1 N–H and O–H groups in total. The molecule has 0 aliphatic rings. The molecule has 2 nitrogen and oxygen atoms in total. The third-order valence-electron chi connectivity index (χ3n) is 2.91. The topological polar surface area (TPSA) is 21.3 Å². The van der Waals surface area contributed by atoms with E-state index in [1.54, 1.807) is 0 Å². The van der Waals surface area contributed by atoms with Gasteiger partial charge in [0.1, 0.15) is 12.4 Å². The standard InChI is InChI=1S/C16H18BrNO/c1-18-11-10-13-2-4-14(5-3-13)12-19-16-8-6-15(17)7-9-16/h2-9,18H,10-12H2,1H3. The van der Waals surface area contributed by atoms with E-state index in [0.29, 0.717) is 6.61 Å². The van der Waals surface area contributed by atoms with Crippen LogP contribution in [0.4, 0.5) is 0 Å². The Balaban J connectivity index is 1.87. The zero-order chi connectivity index (χ0) is 13.5. The molecule has 0 atom stereocenters. The lowest BCUT2D eigenvalue weighted by Crippen LogP contribution is -2.10. The van der Waals surface area contributed by atoms with Crippen molar-refractivity contribution >= 4 is 15.9 Å². The highest BCUT2D eigenvalue weighted by molar-refractivity contribution is 9.10. The molecule has 0 heterocycles. The van der Waals surface area contributed by atoms with Gasteiger partial charge in [-0.1, -0.05) is 40.2 Å². The predicted molar refractivity (Wildman–Crippen MR) is 82.5 cm³/mol. The quantitative estimate of drug-likeness (QED) is 0.874. The van der Waals surface area contributed by atoms with Crippen molar-refractivity contribution in [1.29, 1.82) is 0 Å². The van der Waals surface area contributed by atoms with Crippen LogP contribution in [-0.4, -0.2) is 13.6 Å². The van der Waals surface area contributed by atoms with Crippen LogP contribution in [0.2, 0.25) is 0 Å². The van der Waals surface area contributed by atoms with Crippen molar-refractivity contribution < 1.29 is 4.74 Å². The summed E-state index contributed by atoms with van der Waals surface area (Å²) in [5.41, 5.74) is 2.54. The second kappa shape index (κ2) is 7.31. The highest BCUT2D eigenvalue weighted by Gasteiger charge is 1.97. The van der Waals surface area contributed by atoms with Crippen LogP contribution in [0, 0.1) is 0 Å². The minimum atomic E-state index is 0.605. The Kier molecular flexibility index (Phi) is 5.43. The Morgan fingerprint density at radius 2 is 1.58 bits per heavy atom. The minimum absolute atomic E-state index is 0.605. The largest absolute Gasteiger partial charge is 0.489 e. The molecule has 0 saturated carbocycles. The van der Waals surface area contributed by atoms with Crippen molar-refractivity contribution in [2.75, 3.05) is 13.6 Å². The van der Waals surface area contributed by atoms with E-state index in [1.165, 1.54) is 11.1 Å². The summed E-state index contributed by atoms with van der Waals surface area (Å²) in [7, 11) is 1.97. The van der Waals surface area contributed by atoms with Gasteiger partial charge in [0.05, 0.1) is 0 Å². The zero-order valence-corrected chi connectivity index (χ0v) is 12.6. The van der Waals surface area contributed by atoms with Gasteiger partial charge in [0.2, 0.25) is 0 Å². The van der Waals surface area contributed by atoms with Gasteiger partial charge in [0.25, 0.3) is 0 Å². The van der Waals surface area contributed by atoms with Crippen molar-refractivity contribution in [3.63, 3.8) is 0 Å². The van der Waals surface area contributed by atoms with Crippen LogP contribution in [0.5, 0.6) is 5.75 Å². The summed E-state index contributed by atoms with van der Waals surface area (Å²) in [4.78, 5) is 0. The van der Waals surface area contributed by atoms with E-state index in [2.05, 4.69) is 45.5 Å². The Bertz CT molecular complexity index is 493. The highest BCUT2D eigenvalue weighted by Crippen LogP contribution is 2.17. The van der Waals surface area contributed by atoms with Crippen molar-refractivity contribution in [3.8, 4) is 5.75 Å². The minimum Gasteiger partial charge on any atom is -0.489 e. The average molecular weight is 320 g/mol. The molecular weight excluding hydrogens is 302 g/mol. The zero-order valence-electron chi connectivity index (χ0n) is 11.0. The van der Waals surface area contributed by atoms with Crippen LogP contribution in [0.15, 0.2) is 53.0 Å². The number of halogens is 1. The van der Waals surface area contributed by atoms with Crippen LogP contribution >= 0.6 is 15.9 Å².